The minimum absolute atomic E-state index is 0.180. The first-order valence-corrected chi connectivity index (χ1v) is 5.97. The summed E-state index contributed by atoms with van der Waals surface area (Å²) in [5, 5.41) is 8.95. The predicted octanol–water partition coefficient (Wildman–Crippen LogP) is 1.78. The third-order valence-corrected chi connectivity index (χ3v) is 2.70. The van der Waals surface area contributed by atoms with Gasteiger partial charge in [-0.2, -0.15) is 5.26 Å². The molecule has 0 bridgehead atoms. The van der Waals surface area contributed by atoms with Gasteiger partial charge in [0.2, 0.25) is 0 Å². The van der Waals surface area contributed by atoms with Crippen LogP contribution in [0.5, 0.6) is 5.75 Å². The SMILES string of the molecule is COc1cccc(C#CCn2c(C#N)cccc2=O)c1. The van der Waals surface area contributed by atoms with Crippen LogP contribution in [0.2, 0.25) is 0 Å². The number of benzene rings is 1. The van der Waals surface area contributed by atoms with Gasteiger partial charge in [0.1, 0.15) is 17.5 Å². The van der Waals surface area contributed by atoms with Crippen molar-refractivity contribution < 1.29 is 4.74 Å². The number of hydrogen-bond donors (Lipinski definition) is 0. The molecule has 1 aromatic heterocycles. The highest BCUT2D eigenvalue weighted by atomic mass is 16.5. The minimum atomic E-state index is -0.232. The number of nitriles is 1. The lowest BCUT2D eigenvalue weighted by molar-refractivity contribution is 0.414. The maximum Gasteiger partial charge on any atom is 0.252 e. The fourth-order valence-corrected chi connectivity index (χ4v) is 1.70. The van der Waals surface area contributed by atoms with E-state index in [1.165, 1.54) is 10.6 Å². The molecule has 20 heavy (non-hydrogen) atoms. The standard InChI is InChI=1S/C16H12N2O2/c1-20-15-8-2-5-13(11-15)6-4-10-18-14(12-17)7-3-9-16(18)19/h2-3,5,7-9,11H,10H2,1H3. The Balaban J connectivity index is 2.24. The first kappa shape index (κ1) is 13.5. The number of hydrogen-bond acceptors (Lipinski definition) is 3. The molecule has 0 saturated heterocycles. The van der Waals surface area contributed by atoms with Gasteiger partial charge in [0, 0.05) is 11.6 Å². The summed E-state index contributed by atoms with van der Waals surface area (Å²) < 4.78 is 6.45. The van der Waals surface area contributed by atoms with Gasteiger partial charge in [-0.25, -0.2) is 0 Å². The number of methoxy groups -OCH3 is 1. The number of rotatable bonds is 2. The van der Waals surface area contributed by atoms with E-state index in [1.54, 1.807) is 19.2 Å². The van der Waals surface area contributed by atoms with Crippen LogP contribution in [0.1, 0.15) is 11.3 Å². The van der Waals surface area contributed by atoms with Gasteiger partial charge in [-0.1, -0.05) is 24.0 Å². The molecule has 0 fully saturated rings. The summed E-state index contributed by atoms with van der Waals surface area (Å²) in [5.74, 6) is 6.57. The van der Waals surface area contributed by atoms with Crippen LogP contribution in [-0.4, -0.2) is 11.7 Å². The molecule has 0 amide bonds. The number of aromatic nitrogens is 1. The smallest absolute Gasteiger partial charge is 0.252 e. The highest BCUT2D eigenvalue weighted by molar-refractivity contribution is 5.39. The number of ether oxygens (including phenoxy) is 1. The van der Waals surface area contributed by atoms with Gasteiger partial charge in [0.05, 0.1) is 13.7 Å². The van der Waals surface area contributed by atoms with E-state index in [2.05, 4.69) is 11.8 Å². The summed E-state index contributed by atoms with van der Waals surface area (Å²) in [7, 11) is 1.59. The fourth-order valence-electron chi connectivity index (χ4n) is 1.70. The zero-order chi connectivity index (χ0) is 14.4. The molecule has 98 valence electrons. The van der Waals surface area contributed by atoms with Crippen LogP contribution in [0.25, 0.3) is 0 Å². The number of pyridine rings is 1. The Kier molecular flexibility index (Phi) is 4.21. The van der Waals surface area contributed by atoms with E-state index < -0.39 is 0 Å². The maximum atomic E-state index is 11.7. The predicted molar refractivity (Wildman–Crippen MR) is 75.3 cm³/mol. The zero-order valence-electron chi connectivity index (χ0n) is 11.0. The van der Waals surface area contributed by atoms with Crippen LogP contribution in [0.15, 0.2) is 47.3 Å². The monoisotopic (exact) mass is 264 g/mol. The van der Waals surface area contributed by atoms with Gasteiger partial charge in [-0.05, 0) is 24.3 Å². The topological polar surface area (TPSA) is 55.0 Å². The minimum Gasteiger partial charge on any atom is -0.497 e. The van der Waals surface area contributed by atoms with Crippen LogP contribution >= 0.6 is 0 Å². The van der Waals surface area contributed by atoms with Crippen LogP contribution in [0.4, 0.5) is 0 Å². The Morgan fingerprint density at radius 3 is 2.80 bits per heavy atom. The molecular formula is C16H12N2O2. The summed E-state index contributed by atoms with van der Waals surface area (Å²) in [6.45, 7) is 0.180. The summed E-state index contributed by atoms with van der Waals surface area (Å²) in [6, 6.07) is 13.9. The van der Waals surface area contributed by atoms with Gasteiger partial charge >= 0.3 is 0 Å². The van der Waals surface area contributed by atoms with Gasteiger partial charge < -0.3 is 4.74 Å². The molecule has 0 unspecified atom stereocenters. The van der Waals surface area contributed by atoms with Crippen LogP contribution in [0.3, 0.4) is 0 Å². The van der Waals surface area contributed by atoms with Crippen molar-refractivity contribution in [1.29, 1.82) is 5.26 Å². The molecule has 0 radical (unpaired) electrons. The average molecular weight is 264 g/mol. The Morgan fingerprint density at radius 1 is 1.25 bits per heavy atom. The van der Waals surface area contributed by atoms with Crippen molar-refractivity contribution in [2.45, 2.75) is 6.54 Å². The van der Waals surface area contributed by atoms with Crippen LogP contribution < -0.4 is 10.3 Å². The lowest BCUT2D eigenvalue weighted by Gasteiger charge is -2.02. The van der Waals surface area contributed by atoms with Gasteiger partial charge in [0.15, 0.2) is 0 Å². The molecule has 1 aromatic carbocycles. The molecule has 2 rings (SSSR count). The van der Waals surface area contributed by atoms with Crippen LogP contribution in [0, 0.1) is 23.2 Å². The molecular weight excluding hydrogens is 252 g/mol. The van der Waals surface area contributed by atoms with Crippen molar-refractivity contribution in [3.8, 4) is 23.7 Å². The van der Waals surface area contributed by atoms with Gasteiger partial charge in [-0.15, -0.1) is 0 Å². The molecule has 0 aliphatic rings. The first-order chi connectivity index (χ1) is 9.74. The summed E-state index contributed by atoms with van der Waals surface area (Å²) in [6.07, 6.45) is 0. The second-order valence-corrected chi connectivity index (χ2v) is 3.98. The largest absolute Gasteiger partial charge is 0.497 e. The highest BCUT2D eigenvalue weighted by Gasteiger charge is 1.99. The Bertz CT molecular complexity index is 773. The molecule has 4 heteroatoms. The first-order valence-electron chi connectivity index (χ1n) is 5.97. The quantitative estimate of drug-likeness (QED) is 0.777. The van der Waals surface area contributed by atoms with E-state index in [1.807, 2.05) is 30.3 Å². The summed E-state index contributed by atoms with van der Waals surface area (Å²) in [5.41, 5.74) is 0.869. The van der Waals surface area contributed by atoms with E-state index >= 15 is 0 Å². The van der Waals surface area contributed by atoms with E-state index in [4.69, 9.17) is 10.00 Å². The molecule has 0 spiro atoms. The van der Waals surface area contributed by atoms with Crippen LogP contribution in [-0.2, 0) is 6.54 Å². The van der Waals surface area contributed by atoms with Crippen molar-refractivity contribution in [3.05, 3.63) is 64.1 Å². The van der Waals surface area contributed by atoms with E-state index in [-0.39, 0.29) is 12.1 Å². The molecule has 0 atom stereocenters. The molecule has 0 aliphatic heterocycles. The van der Waals surface area contributed by atoms with Gasteiger partial charge in [-0.3, -0.25) is 9.36 Å². The van der Waals surface area contributed by atoms with Crippen molar-refractivity contribution in [1.82, 2.24) is 4.57 Å². The van der Waals surface area contributed by atoms with E-state index in [9.17, 15) is 4.79 Å². The molecule has 0 saturated carbocycles. The molecule has 0 N–H and O–H groups in total. The van der Waals surface area contributed by atoms with Crippen molar-refractivity contribution >= 4 is 0 Å². The molecule has 1 heterocycles. The second-order valence-electron chi connectivity index (χ2n) is 3.98. The third-order valence-electron chi connectivity index (χ3n) is 2.70. The normalized spacial score (nSPS) is 9.20. The zero-order valence-corrected chi connectivity index (χ0v) is 11.0. The number of nitrogens with zero attached hydrogens (tertiary/aromatic N) is 2. The molecule has 0 aliphatic carbocycles. The summed E-state index contributed by atoms with van der Waals surface area (Å²) in [4.78, 5) is 11.7. The summed E-state index contributed by atoms with van der Waals surface area (Å²) >= 11 is 0. The van der Waals surface area contributed by atoms with E-state index in [0.29, 0.717) is 5.69 Å². The Morgan fingerprint density at radius 2 is 2.05 bits per heavy atom. The Labute approximate surface area is 116 Å². The molecule has 2 aromatic rings. The van der Waals surface area contributed by atoms with Crippen molar-refractivity contribution in [2.75, 3.05) is 7.11 Å². The van der Waals surface area contributed by atoms with Gasteiger partial charge in [0.25, 0.3) is 5.56 Å². The van der Waals surface area contributed by atoms with Crippen molar-refractivity contribution in [2.24, 2.45) is 0 Å². The average Bonchev–Trinajstić information content (AvgIpc) is 2.49. The highest BCUT2D eigenvalue weighted by Crippen LogP contribution is 2.11. The maximum absolute atomic E-state index is 11.7. The lowest BCUT2D eigenvalue weighted by atomic mass is 10.2. The van der Waals surface area contributed by atoms with Crippen molar-refractivity contribution in [3.63, 3.8) is 0 Å². The third kappa shape index (κ3) is 3.07. The Hall–Kier alpha value is -2.98. The second kappa shape index (κ2) is 6.26. The molecule has 4 nitrogen and oxygen atoms in total. The fraction of sp³-hybridized carbons (Fsp3) is 0.125. The lowest BCUT2D eigenvalue weighted by Crippen LogP contribution is -2.20. The van der Waals surface area contributed by atoms with E-state index in [0.717, 1.165) is 11.3 Å².